The topological polar surface area (TPSA) is 115 Å². The average Bonchev–Trinajstić information content (AvgIpc) is 3.22. The van der Waals surface area contributed by atoms with Crippen molar-refractivity contribution in [3.05, 3.63) is 40.4 Å². The third-order valence-electron chi connectivity index (χ3n) is 5.85. The van der Waals surface area contributed by atoms with Gasteiger partial charge in [0.1, 0.15) is 17.9 Å². The van der Waals surface area contributed by atoms with Gasteiger partial charge in [-0.2, -0.15) is 9.61 Å². The number of aromatic nitrogens is 4. The molecule has 0 aromatic carbocycles. The zero-order valence-electron chi connectivity index (χ0n) is 18.1. The summed E-state index contributed by atoms with van der Waals surface area (Å²) in [5.74, 6) is -2.61. The molecular formula is C21H23F2N7O3. The van der Waals surface area contributed by atoms with E-state index in [-0.39, 0.29) is 47.2 Å². The molecule has 1 aliphatic heterocycles. The summed E-state index contributed by atoms with van der Waals surface area (Å²) in [6.07, 6.45) is 2.93. The second-order valence-corrected chi connectivity index (χ2v) is 8.39. The van der Waals surface area contributed by atoms with Crippen molar-refractivity contribution in [1.29, 1.82) is 0 Å². The Morgan fingerprint density at radius 3 is 2.91 bits per heavy atom. The molecule has 1 saturated carbocycles. The van der Waals surface area contributed by atoms with Crippen LogP contribution in [0, 0.1) is 0 Å². The van der Waals surface area contributed by atoms with Gasteiger partial charge >= 0.3 is 0 Å². The van der Waals surface area contributed by atoms with Crippen molar-refractivity contribution in [3.63, 3.8) is 0 Å². The molecule has 0 spiro atoms. The van der Waals surface area contributed by atoms with Crippen molar-refractivity contribution in [3.8, 4) is 5.75 Å². The second-order valence-electron chi connectivity index (χ2n) is 8.39. The average molecular weight is 459 g/mol. The minimum Gasteiger partial charge on any atom is -0.485 e. The van der Waals surface area contributed by atoms with Crippen LogP contribution in [-0.4, -0.2) is 50.2 Å². The Morgan fingerprint density at radius 1 is 1.39 bits per heavy atom. The lowest BCUT2D eigenvalue weighted by Gasteiger charge is -2.36. The van der Waals surface area contributed by atoms with Crippen LogP contribution in [0.1, 0.15) is 43.1 Å². The molecule has 2 aliphatic rings. The molecule has 1 fully saturated rings. The summed E-state index contributed by atoms with van der Waals surface area (Å²) in [5.41, 5.74) is 0.225. The highest BCUT2D eigenvalue weighted by Crippen LogP contribution is 2.39. The Labute approximate surface area is 186 Å². The Balaban J connectivity index is 1.57. The van der Waals surface area contributed by atoms with Gasteiger partial charge in [0.05, 0.1) is 18.8 Å². The molecule has 0 bridgehead atoms. The van der Waals surface area contributed by atoms with Crippen LogP contribution in [0.25, 0.3) is 5.65 Å². The highest BCUT2D eigenvalue weighted by atomic mass is 19.3. The Hall–Kier alpha value is -3.70. The van der Waals surface area contributed by atoms with Crippen molar-refractivity contribution in [2.45, 2.75) is 44.7 Å². The van der Waals surface area contributed by atoms with Crippen molar-refractivity contribution in [2.75, 3.05) is 23.8 Å². The number of carbonyl (C=O) groups excluding carboxylic acids is 1. The quantitative estimate of drug-likeness (QED) is 0.537. The first-order valence-corrected chi connectivity index (χ1v) is 10.7. The number of nitrogens with zero attached hydrogens (tertiary/aromatic N) is 4. The second kappa shape index (κ2) is 7.71. The number of amides is 1. The molecule has 12 heteroatoms. The molecule has 3 aromatic heterocycles. The number of fused-ring (bicyclic) bond motifs is 3. The molecule has 0 unspecified atom stereocenters. The maximum absolute atomic E-state index is 13.7. The predicted molar refractivity (Wildman–Crippen MR) is 117 cm³/mol. The Kier molecular flexibility index (Phi) is 4.94. The van der Waals surface area contributed by atoms with Gasteiger partial charge in [-0.25, -0.2) is 13.8 Å². The van der Waals surface area contributed by atoms with E-state index >= 15 is 0 Å². The van der Waals surface area contributed by atoms with E-state index in [1.54, 1.807) is 22.9 Å². The van der Waals surface area contributed by atoms with Crippen LogP contribution in [0.3, 0.4) is 0 Å². The molecule has 4 heterocycles. The van der Waals surface area contributed by atoms with Gasteiger partial charge in [-0.05, 0) is 32.4 Å². The lowest BCUT2D eigenvalue weighted by Crippen LogP contribution is -2.55. The fraction of sp³-hybridized carbons (Fsp3) is 0.429. The smallest absolute Gasteiger partial charge is 0.274 e. The minimum absolute atomic E-state index is 0.0450. The van der Waals surface area contributed by atoms with Crippen molar-refractivity contribution in [1.82, 2.24) is 24.5 Å². The van der Waals surface area contributed by atoms with Crippen LogP contribution < -0.4 is 26.2 Å². The van der Waals surface area contributed by atoms with Crippen LogP contribution in [0.5, 0.6) is 5.75 Å². The first-order chi connectivity index (χ1) is 15.8. The SMILES string of the molecule is CC(C)n1cccc(Nc2nc3c(C(=O)N[C@H]4CCC4(F)F)cnn3c3c2OCCN3)c1=O. The van der Waals surface area contributed by atoms with Gasteiger partial charge in [0.25, 0.3) is 17.4 Å². The fourth-order valence-corrected chi connectivity index (χ4v) is 3.90. The Morgan fingerprint density at radius 2 is 2.21 bits per heavy atom. The van der Waals surface area contributed by atoms with Crippen LogP contribution in [-0.2, 0) is 0 Å². The zero-order chi connectivity index (χ0) is 23.3. The predicted octanol–water partition coefficient (Wildman–Crippen LogP) is 2.55. The molecule has 3 aromatic rings. The van der Waals surface area contributed by atoms with Crippen LogP contribution in [0.4, 0.5) is 26.1 Å². The molecule has 5 rings (SSSR count). The maximum Gasteiger partial charge on any atom is 0.274 e. The van der Waals surface area contributed by atoms with E-state index in [0.717, 1.165) is 0 Å². The number of carbonyl (C=O) groups is 1. The van der Waals surface area contributed by atoms with Crippen molar-refractivity contribution < 1.29 is 18.3 Å². The number of hydrogen-bond donors (Lipinski definition) is 3. The standard InChI is InChI=1S/C21H23F2N7O3/c1-11(2)29-8-3-4-13(20(29)32)26-16-15-18(24-7-9-33-15)30-17(28-16)12(10-25-30)19(31)27-14-5-6-21(14,22)23/h3-4,8,10-11,14,24H,5-7,9H2,1-2H3,(H,26,28)(H,27,31)/t14-/m0/s1. The van der Waals surface area contributed by atoms with Crippen molar-refractivity contribution in [2.24, 2.45) is 0 Å². The van der Waals surface area contributed by atoms with Crippen LogP contribution in [0.15, 0.2) is 29.3 Å². The summed E-state index contributed by atoms with van der Waals surface area (Å²) in [5, 5.41) is 12.8. The van der Waals surface area contributed by atoms with Gasteiger partial charge in [-0.3, -0.25) is 9.59 Å². The maximum atomic E-state index is 13.7. The molecule has 1 aliphatic carbocycles. The lowest BCUT2D eigenvalue weighted by atomic mass is 9.88. The molecule has 0 saturated heterocycles. The van der Waals surface area contributed by atoms with E-state index in [1.165, 1.54) is 10.7 Å². The summed E-state index contributed by atoms with van der Waals surface area (Å²) in [4.78, 5) is 30.1. The molecule has 174 valence electrons. The molecule has 1 amide bonds. The number of hydrogen-bond acceptors (Lipinski definition) is 7. The monoisotopic (exact) mass is 459 g/mol. The van der Waals surface area contributed by atoms with Crippen molar-refractivity contribution >= 4 is 28.9 Å². The highest BCUT2D eigenvalue weighted by Gasteiger charge is 2.49. The van der Waals surface area contributed by atoms with Gasteiger partial charge in [0.2, 0.25) is 5.75 Å². The molecule has 10 nitrogen and oxygen atoms in total. The zero-order valence-corrected chi connectivity index (χ0v) is 18.1. The summed E-state index contributed by atoms with van der Waals surface area (Å²) >= 11 is 0. The van der Waals surface area contributed by atoms with Gasteiger partial charge in [-0.1, -0.05) is 0 Å². The molecule has 3 N–H and O–H groups in total. The van der Waals surface area contributed by atoms with Gasteiger partial charge in [0, 0.05) is 18.7 Å². The van der Waals surface area contributed by atoms with Gasteiger partial charge < -0.3 is 25.3 Å². The van der Waals surface area contributed by atoms with E-state index in [9.17, 15) is 18.4 Å². The van der Waals surface area contributed by atoms with Gasteiger partial charge in [0.15, 0.2) is 17.3 Å². The highest BCUT2D eigenvalue weighted by molar-refractivity contribution is 6.00. The summed E-state index contributed by atoms with van der Waals surface area (Å²) in [7, 11) is 0. The van der Waals surface area contributed by atoms with E-state index in [2.05, 4.69) is 26.0 Å². The molecule has 1 atom stereocenters. The third kappa shape index (κ3) is 3.55. The number of nitrogens with one attached hydrogen (secondary N) is 3. The molecule has 33 heavy (non-hydrogen) atoms. The number of anilines is 3. The fourth-order valence-electron chi connectivity index (χ4n) is 3.90. The van der Waals surface area contributed by atoms with E-state index in [4.69, 9.17) is 4.74 Å². The lowest BCUT2D eigenvalue weighted by molar-refractivity contribution is -0.102. The number of alkyl halides is 2. The van der Waals surface area contributed by atoms with E-state index < -0.39 is 17.9 Å². The molecular weight excluding hydrogens is 436 g/mol. The summed E-state index contributed by atoms with van der Waals surface area (Å²) in [6, 6.07) is 2.11. The number of rotatable bonds is 5. The number of ether oxygens (including phenoxy) is 1. The summed E-state index contributed by atoms with van der Waals surface area (Å²) in [6.45, 7) is 4.65. The molecule has 0 radical (unpaired) electrons. The minimum atomic E-state index is -2.92. The van der Waals surface area contributed by atoms with Gasteiger partial charge in [-0.15, -0.1) is 0 Å². The largest absolute Gasteiger partial charge is 0.485 e. The number of halogens is 2. The summed E-state index contributed by atoms with van der Waals surface area (Å²) < 4.78 is 36.1. The van der Waals surface area contributed by atoms with Crippen LogP contribution in [0.2, 0.25) is 0 Å². The normalized spacial score (nSPS) is 18.8. The van der Waals surface area contributed by atoms with E-state index in [1.807, 2.05) is 13.8 Å². The third-order valence-corrected chi connectivity index (χ3v) is 5.85. The van der Waals surface area contributed by atoms with E-state index in [0.29, 0.717) is 24.7 Å². The first kappa shape index (κ1) is 21.2. The number of pyridine rings is 1. The Bertz CT molecular complexity index is 1300. The first-order valence-electron chi connectivity index (χ1n) is 10.7. The van der Waals surface area contributed by atoms with Crippen LogP contribution >= 0.6 is 0 Å².